The number of benzene rings is 3. The zero-order valence-corrected chi connectivity index (χ0v) is 22.2. The van der Waals surface area contributed by atoms with E-state index in [1.54, 1.807) is 53.0 Å². The number of anilines is 1. The number of nitrogens with zero attached hydrogens (tertiary/aromatic N) is 3. The van der Waals surface area contributed by atoms with Gasteiger partial charge in [-0.2, -0.15) is 0 Å². The van der Waals surface area contributed by atoms with Crippen LogP contribution in [0.5, 0.6) is 5.75 Å². The Balaban J connectivity index is 1.42. The average molecular weight is 549 g/mol. The molecule has 0 saturated heterocycles. The summed E-state index contributed by atoms with van der Waals surface area (Å²) in [5, 5.41) is 3.90. The fourth-order valence-corrected chi connectivity index (χ4v) is 4.48. The van der Waals surface area contributed by atoms with Gasteiger partial charge in [-0.3, -0.25) is 19.5 Å². The number of imidazole rings is 1. The molecule has 4 aromatic rings. The van der Waals surface area contributed by atoms with Crippen LogP contribution < -0.4 is 10.1 Å². The molecule has 0 radical (unpaired) electrons. The minimum absolute atomic E-state index is 0.119. The van der Waals surface area contributed by atoms with E-state index in [4.69, 9.17) is 32.9 Å². The summed E-state index contributed by atoms with van der Waals surface area (Å²) < 4.78 is 7.07. The maximum atomic E-state index is 13.3. The van der Waals surface area contributed by atoms with E-state index in [9.17, 15) is 9.59 Å². The second-order valence-corrected chi connectivity index (χ2v) is 10.0. The minimum Gasteiger partial charge on any atom is -0.497 e. The van der Waals surface area contributed by atoms with Crippen molar-refractivity contribution in [3.05, 3.63) is 94.6 Å². The molecule has 0 aliphatic heterocycles. The van der Waals surface area contributed by atoms with Crippen molar-refractivity contribution in [3.63, 3.8) is 0 Å². The molecular formula is C29H26Cl2N4O3. The SMILES string of the molecule is COc1ccc(-n2cc(-c3ccc(Cl)cc3)nc2NC(=O)CN(CC2CC2)C(=O)c2ccccc2Cl)cc1. The number of carbonyl (C=O) groups excluding carboxylic acids is 2. The standard InChI is InChI=1S/C29H26Cl2N4O3/c1-38-23-14-12-22(13-15-23)35-17-26(20-8-10-21(30)11-9-20)32-29(35)33-27(36)18-34(16-19-6-7-19)28(37)24-4-2-3-5-25(24)31/h2-5,8-15,17,19H,6-7,16,18H2,1H3,(H,32,33,36). The summed E-state index contributed by atoms with van der Waals surface area (Å²) in [7, 11) is 1.60. The van der Waals surface area contributed by atoms with E-state index < -0.39 is 0 Å². The first-order valence-corrected chi connectivity index (χ1v) is 13.0. The summed E-state index contributed by atoms with van der Waals surface area (Å²) in [5.41, 5.74) is 2.68. The number of hydrogen-bond acceptors (Lipinski definition) is 4. The number of nitrogens with one attached hydrogen (secondary N) is 1. The normalized spacial score (nSPS) is 12.7. The van der Waals surface area contributed by atoms with E-state index in [0.717, 1.165) is 24.1 Å². The van der Waals surface area contributed by atoms with Gasteiger partial charge >= 0.3 is 0 Å². The maximum absolute atomic E-state index is 13.3. The van der Waals surface area contributed by atoms with Crippen molar-refractivity contribution in [2.45, 2.75) is 12.8 Å². The summed E-state index contributed by atoms with van der Waals surface area (Å²) in [6, 6.07) is 21.6. The maximum Gasteiger partial charge on any atom is 0.255 e. The number of carbonyl (C=O) groups is 2. The molecule has 0 unspecified atom stereocenters. The van der Waals surface area contributed by atoms with Crippen LogP contribution in [0.25, 0.3) is 16.9 Å². The lowest BCUT2D eigenvalue weighted by Crippen LogP contribution is -2.39. The molecule has 38 heavy (non-hydrogen) atoms. The predicted octanol–water partition coefficient (Wildman–Crippen LogP) is 6.35. The molecule has 0 bridgehead atoms. The molecule has 194 valence electrons. The molecule has 2 amide bonds. The third-order valence-electron chi connectivity index (χ3n) is 6.35. The smallest absolute Gasteiger partial charge is 0.255 e. The van der Waals surface area contributed by atoms with Crippen LogP contribution in [0.3, 0.4) is 0 Å². The van der Waals surface area contributed by atoms with Crippen molar-refractivity contribution in [1.29, 1.82) is 0 Å². The highest BCUT2D eigenvalue weighted by molar-refractivity contribution is 6.33. The van der Waals surface area contributed by atoms with Crippen LogP contribution in [0.4, 0.5) is 5.95 Å². The highest BCUT2D eigenvalue weighted by atomic mass is 35.5. The third-order valence-corrected chi connectivity index (χ3v) is 6.93. The predicted molar refractivity (Wildman–Crippen MR) is 149 cm³/mol. The summed E-state index contributed by atoms with van der Waals surface area (Å²) in [5.74, 6) is 0.826. The van der Waals surface area contributed by atoms with Gasteiger partial charge in [-0.05, 0) is 67.3 Å². The summed E-state index contributed by atoms with van der Waals surface area (Å²) in [4.78, 5) is 32.9. The number of halogens is 2. The minimum atomic E-state index is -0.353. The molecule has 0 atom stereocenters. The van der Waals surface area contributed by atoms with Gasteiger partial charge in [0.25, 0.3) is 5.91 Å². The Kier molecular flexibility index (Phi) is 7.67. The molecule has 3 aromatic carbocycles. The molecule has 1 aliphatic rings. The lowest BCUT2D eigenvalue weighted by molar-refractivity contribution is -0.117. The number of hydrogen-bond donors (Lipinski definition) is 1. The quantitative estimate of drug-likeness (QED) is 0.264. The Labute approximate surface area is 231 Å². The molecule has 1 fully saturated rings. The van der Waals surface area contributed by atoms with Crippen molar-refractivity contribution in [1.82, 2.24) is 14.5 Å². The van der Waals surface area contributed by atoms with Crippen LogP contribution in [-0.4, -0.2) is 46.5 Å². The summed E-state index contributed by atoms with van der Waals surface area (Å²) in [6.07, 6.45) is 3.93. The number of methoxy groups -OCH3 is 1. The Morgan fingerprint density at radius 2 is 1.74 bits per heavy atom. The Hall–Kier alpha value is -3.81. The number of aromatic nitrogens is 2. The first-order valence-electron chi connectivity index (χ1n) is 12.2. The van der Waals surface area contributed by atoms with Crippen molar-refractivity contribution in [3.8, 4) is 22.7 Å². The number of amides is 2. The van der Waals surface area contributed by atoms with E-state index in [1.807, 2.05) is 42.6 Å². The van der Waals surface area contributed by atoms with Crippen molar-refractivity contribution >= 4 is 41.0 Å². The van der Waals surface area contributed by atoms with E-state index in [0.29, 0.717) is 45.5 Å². The molecule has 1 heterocycles. The Bertz CT molecular complexity index is 1450. The van der Waals surface area contributed by atoms with Crippen LogP contribution in [0, 0.1) is 5.92 Å². The second-order valence-electron chi connectivity index (χ2n) is 9.18. The van der Waals surface area contributed by atoms with Crippen LogP contribution in [0.15, 0.2) is 79.0 Å². The molecule has 9 heteroatoms. The topological polar surface area (TPSA) is 76.5 Å². The largest absolute Gasteiger partial charge is 0.497 e. The van der Waals surface area contributed by atoms with Gasteiger partial charge in [-0.25, -0.2) is 4.98 Å². The zero-order valence-electron chi connectivity index (χ0n) is 20.7. The fourth-order valence-electron chi connectivity index (χ4n) is 4.14. The fraction of sp³-hybridized carbons (Fsp3) is 0.207. The van der Waals surface area contributed by atoms with E-state index >= 15 is 0 Å². The van der Waals surface area contributed by atoms with Gasteiger partial charge in [0.1, 0.15) is 12.3 Å². The number of ether oxygens (including phenoxy) is 1. The summed E-state index contributed by atoms with van der Waals surface area (Å²) in [6.45, 7) is 0.382. The van der Waals surface area contributed by atoms with Crippen molar-refractivity contribution in [2.24, 2.45) is 5.92 Å². The van der Waals surface area contributed by atoms with Crippen LogP contribution in [0.1, 0.15) is 23.2 Å². The van der Waals surface area contributed by atoms with E-state index in [-0.39, 0.29) is 18.4 Å². The summed E-state index contributed by atoms with van der Waals surface area (Å²) >= 11 is 12.3. The van der Waals surface area contributed by atoms with Crippen molar-refractivity contribution < 1.29 is 14.3 Å². The molecule has 1 saturated carbocycles. The average Bonchev–Trinajstić information content (AvgIpc) is 3.65. The van der Waals surface area contributed by atoms with Gasteiger partial charge in [0.05, 0.1) is 23.4 Å². The van der Waals surface area contributed by atoms with Crippen LogP contribution in [-0.2, 0) is 4.79 Å². The van der Waals surface area contributed by atoms with Crippen LogP contribution in [0.2, 0.25) is 10.0 Å². The zero-order chi connectivity index (χ0) is 26.6. The lowest BCUT2D eigenvalue weighted by atomic mass is 10.2. The van der Waals surface area contributed by atoms with Gasteiger partial charge in [-0.1, -0.05) is 47.5 Å². The molecule has 1 N–H and O–H groups in total. The van der Waals surface area contributed by atoms with E-state index in [2.05, 4.69) is 5.32 Å². The van der Waals surface area contributed by atoms with E-state index in [1.165, 1.54) is 0 Å². The monoisotopic (exact) mass is 548 g/mol. The molecule has 5 rings (SSSR count). The highest BCUT2D eigenvalue weighted by Crippen LogP contribution is 2.31. The Morgan fingerprint density at radius 3 is 2.39 bits per heavy atom. The highest BCUT2D eigenvalue weighted by Gasteiger charge is 2.29. The van der Waals surface area contributed by atoms with Gasteiger partial charge < -0.3 is 9.64 Å². The Morgan fingerprint density at radius 1 is 1.03 bits per heavy atom. The third kappa shape index (κ3) is 6.01. The first kappa shape index (κ1) is 25.8. The lowest BCUT2D eigenvalue weighted by Gasteiger charge is -2.22. The second kappa shape index (κ2) is 11.3. The molecule has 1 aliphatic carbocycles. The van der Waals surface area contributed by atoms with Gasteiger partial charge in [0.15, 0.2) is 0 Å². The van der Waals surface area contributed by atoms with Gasteiger partial charge in [-0.15, -0.1) is 0 Å². The molecule has 0 spiro atoms. The van der Waals surface area contributed by atoms with Gasteiger partial charge in [0, 0.05) is 29.0 Å². The first-order chi connectivity index (χ1) is 18.4. The van der Waals surface area contributed by atoms with Crippen LogP contribution >= 0.6 is 23.2 Å². The molecular weight excluding hydrogens is 523 g/mol. The molecule has 7 nitrogen and oxygen atoms in total. The van der Waals surface area contributed by atoms with Gasteiger partial charge in [0.2, 0.25) is 11.9 Å². The molecule has 1 aromatic heterocycles. The van der Waals surface area contributed by atoms with Crippen molar-refractivity contribution in [2.75, 3.05) is 25.5 Å². The number of rotatable bonds is 9.